The first-order chi connectivity index (χ1) is 7.52. The molecule has 0 spiro atoms. The molecule has 16 heavy (non-hydrogen) atoms. The van der Waals surface area contributed by atoms with Gasteiger partial charge in [-0.1, -0.05) is 27.7 Å². The lowest BCUT2D eigenvalue weighted by Gasteiger charge is -2.12. The van der Waals surface area contributed by atoms with Crippen LogP contribution in [0.2, 0.25) is 0 Å². The zero-order chi connectivity index (χ0) is 12.1. The third-order valence-corrected chi connectivity index (χ3v) is 2.14. The van der Waals surface area contributed by atoms with Gasteiger partial charge in [-0.25, -0.2) is 4.98 Å². The lowest BCUT2D eigenvalue weighted by Crippen LogP contribution is -2.11. The summed E-state index contributed by atoms with van der Waals surface area (Å²) in [6.45, 7) is 9.36. The second kappa shape index (κ2) is 5.68. The van der Waals surface area contributed by atoms with Crippen LogP contribution in [0.15, 0.2) is 6.07 Å². The van der Waals surface area contributed by atoms with E-state index in [1.165, 1.54) is 0 Å². The Balaban J connectivity index is 2.86. The molecule has 0 aromatic carbocycles. The third kappa shape index (κ3) is 3.68. The highest BCUT2D eigenvalue weighted by atomic mass is 16.5. The molecule has 0 fully saturated rings. The zero-order valence-electron chi connectivity index (χ0n) is 10.7. The Hall–Kier alpha value is -1.32. The predicted octanol–water partition coefficient (Wildman–Crippen LogP) is 2.68. The maximum absolute atomic E-state index is 5.16. The van der Waals surface area contributed by atoms with E-state index in [-0.39, 0.29) is 0 Å². The molecule has 0 aliphatic rings. The number of rotatable bonds is 5. The molecule has 0 aliphatic carbocycles. The molecule has 0 saturated carbocycles. The number of hydrogen-bond donors (Lipinski definition) is 1. The molecule has 0 amide bonds. The average molecular weight is 223 g/mol. The lowest BCUT2D eigenvalue weighted by molar-refractivity contribution is 0.394. The van der Waals surface area contributed by atoms with E-state index < -0.39 is 0 Å². The van der Waals surface area contributed by atoms with Crippen LogP contribution in [-0.4, -0.2) is 23.6 Å². The first-order valence-electron chi connectivity index (χ1n) is 5.69. The summed E-state index contributed by atoms with van der Waals surface area (Å²) in [4.78, 5) is 8.76. The molecule has 0 aliphatic heterocycles. The monoisotopic (exact) mass is 223 g/mol. The van der Waals surface area contributed by atoms with Gasteiger partial charge >= 0.3 is 0 Å². The fourth-order valence-electron chi connectivity index (χ4n) is 1.20. The number of hydrogen-bond acceptors (Lipinski definition) is 4. The normalized spacial score (nSPS) is 10.9. The summed E-state index contributed by atoms with van der Waals surface area (Å²) in [6, 6.07) is 1.83. The Kier molecular flexibility index (Phi) is 4.52. The minimum absolute atomic E-state index is 0.301. The number of nitrogens with one attached hydrogen (secondary N) is 1. The maximum Gasteiger partial charge on any atom is 0.218 e. The van der Waals surface area contributed by atoms with Crippen molar-refractivity contribution in [2.75, 3.05) is 19.0 Å². The molecule has 1 aromatic heterocycles. The summed E-state index contributed by atoms with van der Waals surface area (Å²) in [7, 11) is 1.62. The number of aromatic nitrogens is 2. The number of ether oxygens (including phenoxy) is 1. The molecule has 1 rings (SSSR count). The van der Waals surface area contributed by atoms with Gasteiger partial charge in [-0.05, 0) is 5.92 Å². The molecule has 0 unspecified atom stereocenters. The van der Waals surface area contributed by atoms with Crippen LogP contribution in [0, 0.1) is 5.92 Å². The van der Waals surface area contributed by atoms with Gasteiger partial charge in [0.25, 0.3) is 0 Å². The fraction of sp³-hybridized carbons (Fsp3) is 0.667. The van der Waals surface area contributed by atoms with Crippen LogP contribution in [0.4, 0.5) is 5.82 Å². The molecule has 4 heteroatoms. The van der Waals surface area contributed by atoms with Crippen LogP contribution in [0.3, 0.4) is 0 Å². The van der Waals surface area contributed by atoms with Crippen molar-refractivity contribution in [2.24, 2.45) is 5.92 Å². The van der Waals surface area contributed by atoms with Gasteiger partial charge in [-0.3, -0.25) is 0 Å². The van der Waals surface area contributed by atoms with Gasteiger partial charge < -0.3 is 10.1 Å². The molecular weight excluding hydrogens is 202 g/mol. The van der Waals surface area contributed by atoms with E-state index in [1.807, 2.05) is 6.07 Å². The molecule has 1 N–H and O–H groups in total. The van der Waals surface area contributed by atoms with E-state index in [0.717, 1.165) is 18.2 Å². The lowest BCUT2D eigenvalue weighted by atomic mass is 10.2. The van der Waals surface area contributed by atoms with Gasteiger partial charge in [-0.15, -0.1) is 0 Å². The average Bonchev–Trinajstić information content (AvgIpc) is 2.25. The second-order valence-corrected chi connectivity index (χ2v) is 4.58. The van der Waals surface area contributed by atoms with Crippen molar-refractivity contribution in [3.05, 3.63) is 11.9 Å². The van der Waals surface area contributed by atoms with Crippen molar-refractivity contribution in [3.8, 4) is 5.88 Å². The van der Waals surface area contributed by atoms with Gasteiger partial charge in [0.2, 0.25) is 5.88 Å². The predicted molar refractivity (Wildman–Crippen MR) is 66.0 cm³/mol. The van der Waals surface area contributed by atoms with Gasteiger partial charge in [0.1, 0.15) is 11.6 Å². The molecule has 0 saturated heterocycles. The standard InChI is InChI=1S/C12H21N3O/c1-8(2)7-13-10-6-11(16-5)15-12(14-10)9(3)4/h6,8-9H,7H2,1-5H3,(H,13,14,15). The van der Waals surface area contributed by atoms with Gasteiger partial charge in [0.15, 0.2) is 0 Å². The molecule has 0 atom stereocenters. The van der Waals surface area contributed by atoms with Crippen LogP contribution in [0.5, 0.6) is 5.88 Å². The van der Waals surface area contributed by atoms with Crippen molar-refractivity contribution >= 4 is 5.82 Å². The van der Waals surface area contributed by atoms with Gasteiger partial charge in [0, 0.05) is 18.5 Å². The van der Waals surface area contributed by atoms with Crippen molar-refractivity contribution in [1.82, 2.24) is 9.97 Å². The highest BCUT2D eigenvalue weighted by molar-refractivity contribution is 5.38. The maximum atomic E-state index is 5.16. The smallest absolute Gasteiger partial charge is 0.218 e. The Labute approximate surface area is 97.5 Å². The minimum Gasteiger partial charge on any atom is -0.481 e. The number of nitrogens with zero attached hydrogens (tertiary/aromatic N) is 2. The van der Waals surface area contributed by atoms with E-state index in [0.29, 0.717) is 17.7 Å². The van der Waals surface area contributed by atoms with Crippen molar-refractivity contribution in [3.63, 3.8) is 0 Å². The summed E-state index contributed by atoms with van der Waals surface area (Å²) in [5.41, 5.74) is 0. The zero-order valence-corrected chi connectivity index (χ0v) is 10.7. The summed E-state index contributed by atoms with van der Waals surface area (Å²) < 4.78 is 5.16. The largest absolute Gasteiger partial charge is 0.481 e. The highest BCUT2D eigenvalue weighted by Crippen LogP contribution is 2.18. The van der Waals surface area contributed by atoms with Crippen LogP contribution in [0.25, 0.3) is 0 Å². The first-order valence-corrected chi connectivity index (χ1v) is 5.69. The van der Waals surface area contributed by atoms with Crippen LogP contribution in [-0.2, 0) is 0 Å². The van der Waals surface area contributed by atoms with E-state index in [9.17, 15) is 0 Å². The van der Waals surface area contributed by atoms with E-state index in [4.69, 9.17) is 4.74 Å². The van der Waals surface area contributed by atoms with Crippen LogP contribution < -0.4 is 10.1 Å². The molecule has 90 valence electrons. The molecule has 1 aromatic rings. The van der Waals surface area contributed by atoms with Gasteiger partial charge in [0.05, 0.1) is 7.11 Å². The summed E-state index contributed by atoms with van der Waals surface area (Å²) in [5, 5.41) is 3.28. The van der Waals surface area contributed by atoms with E-state index in [1.54, 1.807) is 7.11 Å². The number of methoxy groups -OCH3 is 1. The molecule has 4 nitrogen and oxygen atoms in total. The first kappa shape index (κ1) is 12.7. The van der Waals surface area contributed by atoms with Crippen LogP contribution in [0.1, 0.15) is 39.4 Å². The highest BCUT2D eigenvalue weighted by Gasteiger charge is 2.08. The Morgan fingerprint density at radius 1 is 1.25 bits per heavy atom. The summed E-state index contributed by atoms with van der Waals surface area (Å²) in [6.07, 6.45) is 0. The van der Waals surface area contributed by atoms with Crippen molar-refractivity contribution in [2.45, 2.75) is 33.6 Å². The Bertz CT molecular complexity index is 337. The molecule has 0 bridgehead atoms. The SMILES string of the molecule is COc1cc(NCC(C)C)nc(C(C)C)n1. The summed E-state index contributed by atoms with van der Waals surface area (Å²) >= 11 is 0. The Morgan fingerprint density at radius 3 is 2.44 bits per heavy atom. The van der Waals surface area contributed by atoms with Crippen molar-refractivity contribution < 1.29 is 4.74 Å². The number of anilines is 1. The molecule has 0 radical (unpaired) electrons. The van der Waals surface area contributed by atoms with Gasteiger partial charge in [-0.2, -0.15) is 4.98 Å². The Morgan fingerprint density at radius 2 is 1.94 bits per heavy atom. The summed E-state index contributed by atoms with van der Waals surface area (Å²) in [5.74, 6) is 3.15. The second-order valence-electron chi connectivity index (χ2n) is 4.58. The third-order valence-electron chi connectivity index (χ3n) is 2.14. The quantitative estimate of drug-likeness (QED) is 0.833. The molecular formula is C12H21N3O. The molecule has 1 heterocycles. The van der Waals surface area contributed by atoms with E-state index >= 15 is 0 Å². The fourth-order valence-corrected chi connectivity index (χ4v) is 1.20. The van der Waals surface area contributed by atoms with E-state index in [2.05, 4.69) is 43.0 Å². The topological polar surface area (TPSA) is 47.0 Å². The van der Waals surface area contributed by atoms with Crippen LogP contribution >= 0.6 is 0 Å². The van der Waals surface area contributed by atoms with Crippen molar-refractivity contribution in [1.29, 1.82) is 0 Å². The minimum atomic E-state index is 0.301.